The second-order valence-electron chi connectivity index (χ2n) is 5.86. The van der Waals surface area contributed by atoms with Gasteiger partial charge in [-0.15, -0.1) is 11.3 Å². The zero-order valence-electron chi connectivity index (χ0n) is 14.4. The highest BCUT2D eigenvalue weighted by Crippen LogP contribution is 2.30. The smallest absolute Gasteiger partial charge is 0.134 e. The van der Waals surface area contributed by atoms with Crippen LogP contribution in [-0.2, 0) is 0 Å². The van der Waals surface area contributed by atoms with E-state index in [9.17, 15) is 5.26 Å². The van der Waals surface area contributed by atoms with Crippen LogP contribution >= 0.6 is 11.3 Å². The van der Waals surface area contributed by atoms with E-state index in [-0.39, 0.29) is 0 Å². The molecule has 1 aromatic carbocycles. The molecule has 0 spiro atoms. The number of rotatable bonds is 4. The fraction of sp³-hybridized carbons (Fsp3) is 0.143. The summed E-state index contributed by atoms with van der Waals surface area (Å²) in [5.41, 5.74) is 6.29. The van der Waals surface area contributed by atoms with Gasteiger partial charge in [0.05, 0.1) is 17.5 Å². The van der Waals surface area contributed by atoms with E-state index in [4.69, 9.17) is 4.42 Å². The fourth-order valence-corrected chi connectivity index (χ4v) is 3.33. The SMILES string of the molecule is Cc1cc(C)c(-c2csc(/C(C#N)=C/C=C/c3ccco3)n2)cc1C. The zero-order chi connectivity index (χ0) is 17.8. The maximum Gasteiger partial charge on any atom is 0.134 e. The summed E-state index contributed by atoms with van der Waals surface area (Å²) < 4.78 is 5.24. The Morgan fingerprint density at radius 3 is 2.72 bits per heavy atom. The Bertz CT molecular complexity index is 986. The highest BCUT2D eigenvalue weighted by atomic mass is 32.1. The van der Waals surface area contributed by atoms with Crippen LogP contribution < -0.4 is 0 Å². The van der Waals surface area contributed by atoms with E-state index in [1.807, 2.05) is 23.6 Å². The van der Waals surface area contributed by atoms with Crippen molar-refractivity contribution < 1.29 is 4.42 Å². The van der Waals surface area contributed by atoms with Crippen LogP contribution in [0.3, 0.4) is 0 Å². The Hall–Kier alpha value is -2.90. The molecule has 0 radical (unpaired) electrons. The van der Waals surface area contributed by atoms with E-state index in [2.05, 4.69) is 44.0 Å². The number of aromatic nitrogens is 1. The molecule has 25 heavy (non-hydrogen) atoms. The lowest BCUT2D eigenvalue weighted by Gasteiger charge is -2.07. The largest absolute Gasteiger partial charge is 0.465 e. The quantitative estimate of drug-likeness (QED) is 0.433. The average molecular weight is 346 g/mol. The predicted molar refractivity (Wildman–Crippen MR) is 103 cm³/mol. The molecule has 0 fully saturated rings. The molecule has 3 nitrogen and oxygen atoms in total. The van der Waals surface area contributed by atoms with Crippen molar-refractivity contribution in [2.45, 2.75) is 20.8 Å². The number of thiazole rings is 1. The van der Waals surface area contributed by atoms with Crippen molar-refractivity contribution in [2.24, 2.45) is 0 Å². The Morgan fingerprint density at radius 2 is 2.00 bits per heavy atom. The molecule has 4 heteroatoms. The lowest BCUT2D eigenvalue weighted by atomic mass is 9.99. The van der Waals surface area contributed by atoms with E-state index in [1.54, 1.807) is 18.4 Å². The van der Waals surface area contributed by atoms with Crippen LogP contribution in [0.5, 0.6) is 0 Å². The third kappa shape index (κ3) is 3.78. The summed E-state index contributed by atoms with van der Waals surface area (Å²) >= 11 is 1.48. The van der Waals surface area contributed by atoms with Gasteiger partial charge in [0, 0.05) is 10.9 Å². The Morgan fingerprint density at radius 1 is 1.20 bits per heavy atom. The van der Waals surface area contributed by atoms with Crippen molar-refractivity contribution in [1.82, 2.24) is 4.98 Å². The fourth-order valence-electron chi connectivity index (χ4n) is 2.54. The van der Waals surface area contributed by atoms with Crippen LogP contribution in [0.25, 0.3) is 22.9 Å². The number of furan rings is 1. The van der Waals surface area contributed by atoms with Crippen molar-refractivity contribution in [3.05, 3.63) is 75.5 Å². The van der Waals surface area contributed by atoms with Gasteiger partial charge in [-0.3, -0.25) is 0 Å². The van der Waals surface area contributed by atoms with Crippen LogP contribution in [0.4, 0.5) is 0 Å². The van der Waals surface area contributed by atoms with Gasteiger partial charge in [0.15, 0.2) is 0 Å². The molecule has 0 saturated heterocycles. The predicted octanol–water partition coefficient (Wildman–Crippen LogP) is 5.95. The molecule has 2 heterocycles. The standard InChI is InChI=1S/C21H18N2OS/c1-14-10-16(3)19(11-15(14)2)20-13-25-21(23-20)17(12-22)6-4-7-18-8-5-9-24-18/h4-11,13H,1-3H3/b7-4+,17-6+. The summed E-state index contributed by atoms with van der Waals surface area (Å²) in [5.74, 6) is 0.749. The third-order valence-corrected chi connectivity index (χ3v) is 4.91. The number of nitrogens with zero attached hydrogens (tertiary/aromatic N) is 2. The van der Waals surface area contributed by atoms with Crippen molar-refractivity contribution in [3.8, 4) is 17.3 Å². The molecular weight excluding hydrogens is 328 g/mol. The molecule has 0 bridgehead atoms. The van der Waals surface area contributed by atoms with E-state index in [1.165, 1.54) is 28.0 Å². The molecule has 0 aliphatic rings. The molecule has 0 saturated carbocycles. The molecule has 0 amide bonds. The number of benzene rings is 1. The highest BCUT2D eigenvalue weighted by molar-refractivity contribution is 7.11. The average Bonchev–Trinajstić information content (AvgIpc) is 3.27. The van der Waals surface area contributed by atoms with Gasteiger partial charge >= 0.3 is 0 Å². The minimum Gasteiger partial charge on any atom is -0.465 e. The molecule has 124 valence electrons. The zero-order valence-corrected chi connectivity index (χ0v) is 15.2. The highest BCUT2D eigenvalue weighted by Gasteiger charge is 2.11. The van der Waals surface area contributed by atoms with Crippen LogP contribution in [0.15, 0.2) is 52.5 Å². The summed E-state index contributed by atoms with van der Waals surface area (Å²) in [5, 5.41) is 12.2. The number of nitriles is 1. The first-order chi connectivity index (χ1) is 12.1. The van der Waals surface area contributed by atoms with Gasteiger partial charge in [-0.25, -0.2) is 4.98 Å². The van der Waals surface area contributed by atoms with E-state index >= 15 is 0 Å². The topological polar surface area (TPSA) is 49.8 Å². The first kappa shape index (κ1) is 16.9. The second kappa shape index (κ2) is 7.33. The van der Waals surface area contributed by atoms with Crippen molar-refractivity contribution >= 4 is 23.0 Å². The van der Waals surface area contributed by atoms with Gasteiger partial charge in [0.2, 0.25) is 0 Å². The van der Waals surface area contributed by atoms with Gasteiger partial charge in [0.1, 0.15) is 16.8 Å². The van der Waals surface area contributed by atoms with Gasteiger partial charge in [-0.1, -0.05) is 12.1 Å². The monoisotopic (exact) mass is 346 g/mol. The van der Waals surface area contributed by atoms with E-state index < -0.39 is 0 Å². The number of hydrogen-bond donors (Lipinski definition) is 0. The van der Waals surface area contributed by atoms with Gasteiger partial charge < -0.3 is 4.42 Å². The minimum absolute atomic E-state index is 0.542. The van der Waals surface area contributed by atoms with Crippen LogP contribution in [-0.4, -0.2) is 4.98 Å². The first-order valence-electron chi connectivity index (χ1n) is 7.94. The molecule has 0 atom stereocenters. The Labute approximate surface area is 151 Å². The van der Waals surface area contributed by atoms with Crippen LogP contribution in [0, 0.1) is 32.1 Å². The summed E-state index contributed by atoms with van der Waals surface area (Å²) in [6.07, 6.45) is 7.01. The maximum atomic E-state index is 9.44. The summed E-state index contributed by atoms with van der Waals surface area (Å²) in [4.78, 5) is 4.67. The van der Waals surface area contributed by atoms with Crippen molar-refractivity contribution in [3.63, 3.8) is 0 Å². The van der Waals surface area contributed by atoms with Gasteiger partial charge in [-0.2, -0.15) is 5.26 Å². The Kier molecular flexibility index (Phi) is 4.97. The lowest BCUT2D eigenvalue weighted by molar-refractivity contribution is 0.557. The second-order valence-corrected chi connectivity index (χ2v) is 6.71. The number of hydrogen-bond acceptors (Lipinski definition) is 4. The lowest BCUT2D eigenvalue weighted by Crippen LogP contribution is -1.89. The van der Waals surface area contributed by atoms with E-state index in [0.717, 1.165) is 22.0 Å². The molecule has 3 aromatic rings. The molecular formula is C21H18N2OS. The minimum atomic E-state index is 0.542. The molecule has 0 aliphatic carbocycles. The van der Waals surface area contributed by atoms with Crippen LogP contribution in [0.2, 0.25) is 0 Å². The van der Waals surface area contributed by atoms with Gasteiger partial charge in [-0.05, 0) is 67.8 Å². The normalized spacial score (nSPS) is 11.8. The summed E-state index contributed by atoms with van der Waals surface area (Å²) in [7, 11) is 0. The number of allylic oxidation sites excluding steroid dienone is 3. The number of aryl methyl sites for hydroxylation is 3. The molecule has 2 aromatic heterocycles. The first-order valence-corrected chi connectivity index (χ1v) is 8.82. The van der Waals surface area contributed by atoms with Crippen molar-refractivity contribution in [2.75, 3.05) is 0 Å². The van der Waals surface area contributed by atoms with Crippen LogP contribution in [0.1, 0.15) is 27.5 Å². The molecule has 3 rings (SSSR count). The molecule has 0 unspecified atom stereocenters. The summed E-state index contributed by atoms with van der Waals surface area (Å²) in [6, 6.07) is 10.3. The molecule has 0 aliphatic heterocycles. The third-order valence-electron chi connectivity index (χ3n) is 4.04. The summed E-state index contributed by atoms with van der Waals surface area (Å²) in [6.45, 7) is 6.31. The van der Waals surface area contributed by atoms with E-state index in [0.29, 0.717) is 5.57 Å². The maximum absolute atomic E-state index is 9.44. The molecule has 0 N–H and O–H groups in total. The van der Waals surface area contributed by atoms with Gasteiger partial charge in [0.25, 0.3) is 0 Å². The Balaban J connectivity index is 1.89. The van der Waals surface area contributed by atoms with Crippen molar-refractivity contribution in [1.29, 1.82) is 5.26 Å².